The van der Waals surface area contributed by atoms with Crippen LogP contribution in [0.2, 0.25) is 0 Å². The van der Waals surface area contributed by atoms with E-state index in [1.54, 1.807) is 12.1 Å². The average molecular weight is 402 g/mol. The van der Waals surface area contributed by atoms with Crippen LogP contribution in [0.4, 0.5) is 5.82 Å². The minimum absolute atomic E-state index is 0.00254. The van der Waals surface area contributed by atoms with Crippen LogP contribution < -0.4 is 20.8 Å². The number of carbonyl (C=O) groups excluding carboxylic acids is 1. The highest BCUT2D eigenvalue weighted by molar-refractivity contribution is 5.94. The Kier molecular flexibility index (Phi) is 5.69. The summed E-state index contributed by atoms with van der Waals surface area (Å²) in [5.74, 6) is -0.103. The van der Waals surface area contributed by atoms with Crippen molar-refractivity contribution in [2.75, 3.05) is 26.9 Å². The summed E-state index contributed by atoms with van der Waals surface area (Å²) < 4.78 is 10.9. The number of ether oxygens (including phenoxy) is 1. The molecular formula is C16H20N9O4+. The molecule has 0 saturated heterocycles. The van der Waals surface area contributed by atoms with Crippen molar-refractivity contribution in [3.8, 4) is 17.3 Å². The number of hydrogen-bond donors (Lipinski definition) is 4. The first-order chi connectivity index (χ1) is 13.9. The number of amides is 1. The van der Waals surface area contributed by atoms with E-state index in [1.165, 1.54) is 24.1 Å². The molecule has 0 aliphatic carbocycles. The molecule has 3 rings (SSSR count). The lowest BCUT2D eigenvalue weighted by Crippen LogP contribution is -3.04. The summed E-state index contributed by atoms with van der Waals surface area (Å²) in [5.41, 5.74) is 9.26. The molecule has 0 saturated carbocycles. The van der Waals surface area contributed by atoms with Gasteiger partial charge >= 0.3 is 0 Å². The first-order valence-corrected chi connectivity index (χ1v) is 8.43. The van der Waals surface area contributed by atoms with E-state index < -0.39 is 5.91 Å². The van der Waals surface area contributed by atoms with Crippen LogP contribution in [0.1, 0.15) is 21.7 Å². The van der Waals surface area contributed by atoms with Crippen molar-refractivity contribution in [3.05, 3.63) is 35.2 Å². The fourth-order valence-corrected chi connectivity index (χ4v) is 2.47. The summed E-state index contributed by atoms with van der Waals surface area (Å²) in [5, 5.41) is 28.6. The number of anilines is 1. The SMILES string of the molecule is COc1cc(C=NNC(=O)c2nnn(-c3nonc3N)c2C[NH+](C)C)ccc1O. The van der Waals surface area contributed by atoms with E-state index in [2.05, 4.69) is 35.8 Å². The second-order valence-corrected chi connectivity index (χ2v) is 6.28. The lowest BCUT2D eigenvalue weighted by molar-refractivity contribution is -0.873. The predicted octanol–water partition coefficient (Wildman–Crippen LogP) is -1.64. The average Bonchev–Trinajstić information content (AvgIpc) is 3.28. The Bertz CT molecular complexity index is 1040. The maximum absolute atomic E-state index is 12.6. The molecule has 0 radical (unpaired) electrons. The number of aromatic nitrogens is 5. The number of phenolic OH excluding ortho intramolecular Hbond substituents is 1. The van der Waals surface area contributed by atoms with E-state index in [0.717, 1.165) is 4.90 Å². The Labute approximate surface area is 164 Å². The summed E-state index contributed by atoms with van der Waals surface area (Å²) >= 11 is 0. The number of hydrogen-bond acceptors (Lipinski definition) is 10. The van der Waals surface area contributed by atoms with Gasteiger partial charge in [0.1, 0.15) is 12.2 Å². The number of aromatic hydroxyl groups is 1. The smallest absolute Gasteiger partial charge is 0.294 e. The minimum atomic E-state index is -0.565. The number of rotatable bonds is 7. The monoisotopic (exact) mass is 402 g/mol. The summed E-state index contributed by atoms with van der Waals surface area (Å²) in [6, 6.07) is 4.65. The number of hydrazone groups is 1. The van der Waals surface area contributed by atoms with Crippen molar-refractivity contribution < 1.29 is 24.2 Å². The third kappa shape index (κ3) is 4.30. The number of nitrogens with one attached hydrogen (secondary N) is 2. The Balaban J connectivity index is 1.82. The van der Waals surface area contributed by atoms with Gasteiger partial charge in [0.05, 0.1) is 27.4 Å². The van der Waals surface area contributed by atoms with Gasteiger partial charge in [0.2, 0.25) is 11.6 Å². The normalized spacial score (nSPS) is 11.3. The largest absolute Gasteiger partial charge is 0.504 e. The van der Waals surface area contributed by atoms with Gasteiger partial charge in [0.25, 0.3) is 5.91 Å². The Morgan fingerprint density at radius 1 is 1.45 bits per heavy atom. The van der Waals surface area contributed by atoms with E-state index in [1.807, 2.05) is 14.1 Å². The topological polar surface area (TPSA) is 171 Å². The first-order valence-electron chi connectivity index (χ1n) is 8.43. The molecule has 0 fully saturated rings. The minimum Gasteiger partial charge on any atom is -0.504 e. The summed E-state index contributed by atoms with van der Waals surface area (Å²) in [7, 11) is 5.24. The summed E-state index contributed by atoms with van der Waals surface area (Å²) in [6.07, 6.45) is 1.40. The third-order valence-electron chi connectivity index (χ3n) is 3.78. The van der Waals surface area contributed by atoms with Crippen LogP contribution >= 0.6 is 0 Å². The summed E-state index contributed by atoms with van der Waals surface area (Å²) in [4.78, 5) is 13.6. The van der Waals surface area contributed by atoms with Gasteiger partial charge in [-0.1, -0.05) is 5.21 Å². The zero-order chi connectivity index (χ0) is 21.0. The molecule has 0 atom stereocenters. The molecule has 3 aromatic rings. The number of nitrogen functional groups attached to an aromatic ring is 1. The van der Waals surface area contributed by atoms with Crippen molar-refractivity contribution in [1.82, 2.24) is 30.7 Å². The van der Waals surface area contributed by atoms with Crippen LogP contribution in [0.5, 0.6) is 11.5 Å². The number of quaternary nitrogens is 1. The van der Waals surface area contributed by atoms with Crippen molar-refractivity contribution in [1.29, 1.82) is 0 Å². The van der Waals surface area contributed by atoms with Crippen LogP contribution in [0.25, 0.3) is 5.82 Å². The molecule has 0 unspecified atom stereocenters. The van der Waals surface area contributed by atoms with Crippen LogP contribution in [-0.4, -0.2) is 63.7 Å². The number of nitrogens with two attached hydrogens (primary N) is 1. The molecule has 1 aromatic carbocycles. The van der Waals surface area contributed by atoms with Gasteiger partial charge in [0.15, 0.2) is 17.2 Å². The fourth-order valence-electron chi connectivity index (χ4n) is 2.47. The van der Waals surface area contributed by atoms with Crippen molar-refractivity contribution in [3.63, 3.8) is 0 Å². The van der Waals surface area contributed by atoms with Gasteiger partial charge in [-0.15, -0.1) is 5.10 Å². The number of phenols is 1. The number of nitrogens with zero attached hydrogens (tertiary/aromatic N) is 6. The predicted molar refractivity (Wildman–Crippen MR) is 99.9 cm³/mol. The number of carbonyl (C=O) groups is 1. The van der Waals surface area contributed by atoms with E-state index in [9.17, 15) is 9.90 Å². The molecule has 0 aliphatic rings. The quantitative estimate of drug-likeness (QED) is 0.267. The lowest BCUT2D eigenvalue weighted by atomic mass is 10.2. The zero-order valence-corrected chi connectivity index (χ0v) is 15.9. The van der Waals surface area contributed by atoms with Gasteiger partial charge in [0, 0.05) is 0 Å². The zero-order valence-electron chi connectivity index (χ0n) is 15.9. The molecule has 13 nitrogen and oxygen atoms in total. The van der Waals surface area contributed by atoms with E-state index in [4.69, 9.17) is 10.5 Å². The van der Waals surface area contributed by atoms with Gasteiger partial charge < -0.3 is 20.5 Å². The molecule has 29 heavy (non-hydrogen) atoms. The van der Waals surface area contributed by atoms with Crippen molar-refractivity contribution in [2.24, 2.45) is 5.10 Å². The van der Waals surface area contributed by atoms with E-state index in [0.29, 0.717) is 23.6 Å². The molecule has 152 valence electrons. The number of benzene rings is 1. The molecule has 0 aliphatic heterocycles. The highest BCUT2D eigenvalue weighted by atomic mass is 16.6. The molecule has 2 heterocycles. The van der Waals surface area contributed by atoms with Crippen molar-refractivity contribution >= 4 is 17.9 Å². The van der Waals surface area contributed by atoms with Gasteiger partial charge in [-0.2, -0.15) is 9.78 Å². The van der Waals surface area contributed by atoms with Gasteiger partial charge in [-0.05, 0) is 34.1 Å². The van der Waals surface area contributed by atoms with Crippen LogP contribution in [0, 0.1) is 0 Å². The molecule has 13 heteroatoms. The molecule has 2 aromatic heterocycles. The lowest BCUT2D eigenvalue weighted by Gasteiger charge is -2.08. The molecule has 5 N–H and O–H groups in total. The first kappa shape index (κ1) is 19.8. The highest BCUT2D eigenvalue weighted by Gasteiger charge is 2.25. The molecule has 1 amide bonds. The van der Waals surface area contributed by atoms with Crippen LogP contribution in [-0.2, 0) is 6.54 Å². The maximum Gasteiger partial charge on any atom is 0.294 e. The van der Waals surface area contributed by atoms with Crippen LogP contribution in [0.3, 0.4) is 0 Å². The Morgan fingerprint density at radius 3 is 2.90 bits per heavy atom. The van der Waals surface area contributed by atoms with Gasteiger partial charge in [-0.3, -0.25) is 4.79 Å². The van der Waals surface area contributed by atoms with Crippen LogP contribution in [0.15, 0.2) is 27.9 Å². The highest BCUT2D eigenvalue weighted by Crippen LogP contribution is 2.25. The molecule has 0 spiro atoms. The summed E-state index contributed by atoms with van der Waals surface area (Å²) in [6.45, 7) is 0.404. The fraction of sp³-hybridized carbons (Fsp3) is 0.250. The third-order valence-corrected chi connectivity index (χ3v) is 3.78. The molecule has 0 bridgehead atoms. The Morgan fingerprint density at radius 2 is 2.24 bits per heavy atom. The second-order valence-electron chi connectivity index (χ2n) is 6.28. The van der Waals surface area contributed by atoms with E-state index >= 15 is 0 Å². The Hall–Kier alpha value is -4.00. The van der Waals surface area contributed by atoms with Crippen molar-refractivity contribution in [2.45, 2.75) is 6.54 Å². The second kappa shape index (κ2) is 8.35. The van der Waals surface area contributed by atoms with Gasteiger partial charge in [-0.25, -0.2) is 10.1 Å². The number of methoxy groups -OCH3 is 1. The van der Waals surface area contributed by atoms with E-state index in [-0.39, 0.29) is 23.1 Å². The maximum atomic E-state index is 12.6. The standard InChI is InChI=1S/C16H19N9O4/c1-24(2)8-10-13(19-23-25(10)15-14(17)21-29-22-15)16(27)20-18-7-9-4-5-11(26)12(6-9)28-3/h4-7,26H,8H2,1-3H3,(H2,17,21)(H,20,27)/p+1. The molecular weight excluding hydrogens is 382 g/mol.